The molecule has 0 aromatic rings. The van der Waals surface area contributed by atoms with Crippen molar-refractivity contribution in [1.29, 1.82) is 0 Å². The number of hydrogen-bond acceptors (Lipinski definition) is 1. The van der Waals surface area contributed by atoms with Crippen molar-refractivity contribution in [3.05, 3.63) is 58.7 Å². The second-order valence-corrected chi connectivity index (χ2v) is 6.19. The van der Waals surface area contributed by atoms with Gasteiger partial charge in [-0.25, -0.2) is 0 Å². The summed E-state index contributed by atoms with van der Waals surface area (Å²) in [6.45, 7) is 10.7. The molecule has 1 nitrogen and oxygen atoms in total. The van der Waals surface area contributed by atoms with Crippen molar-refractivity contribution >= 4 is 6.29 Å². The summed E-state index contributed by atoms with van der Waals surface area (Å²) >= 11 is 0. The zero-order valence-electron chi connectivity index (χ0n) is 13.4. The Morgan fingerprint density at radius 2 is 1.90 bits per heavy atom. The predicted octanol–water partition coefficient (Wildman–Crippen LogP) is 5.33. The molecule has 0 bridgehead atoms. The Morgan fingerprint density at radius 3 is 2.50 bits per heavy atom. The summed E-state index contributed by atoms with van der Waals surface area (Å²) in [5.41, 5.74) is 5.00. The van der Waals surface area contributed by atoms with Crippen molar-refractivity contribution in [2.45, 2.75) is 47.5 Å². The Morgan fingerprint density at radius 1 is 1.20 bits per heavy atom. The topological polar surface area (TPSA) is 17.1 Å². The normalized spacial score (nSPS) is 22.2. The molecule has 0 aromatic heterocycles. The fraction of sp³-hybridized carbons (Fsp3) is 0.421. The molecule has 0 saturated carbocycles. The third-order valence-electron chi connectivity index (χ3n) is 3.79. The molecule has 1 aliphatic carbocycles. The molecule has 1 heteroatoms. The molecule has 0 amide bonds. The average molecular weight is 270 g/mol. The number of aldehydes is 1. The number of allylic oxidation sites excluding steroid dienone is 10. The first-order valence-corrected chi connectivity index (χ1v) is 7.23. The van der Waals surface area contributed by atoms with E-state index in [1.807, 2.05) is 18.2 Å². The van der Waals surface area contributed by atoms with Gasteiger partial charge >= 0.3 is 0 Å². The molecule has 108 valence electrons. The van der Waals surface area contributed by atoms with Crippen LogP contribution < -0.4 is 0 Å². The Labute approximate surface area is 123 Å². The molecule has 20 heavy (non-hydrogen) atoms. The Bertz CT molecular complexity index is 508. The largest absolute Gasteiger partial charge is 0.298 e. The maximum Gasteiger partial charge on any atom is 0.145 e. The highest BCUT2D eigenvalue weighted by Gasteiger charge is 2.26. The number of carbonyl (C=O) groups excluding carboxylic acids is 1. The van der Waals surface area contributed by atoms with Crippen LogP contribution in [0.25, 0.3) is 0 Å². The van der Waals surface area contributed by atoms with Gasteiger partial charge in [0.15, 0.2) is 0 Å². The lowest BCUT2D eigenvalue weighted by molar-refractivity contribution is -0.104. The second-order valence-electron chi connectivity index (χ2n) is 6.19. The highest BCUT2D eigenvalue weighted by Crippen LogP contribution is 2.40. The van der Waals surface area contributed by atoms with E-state index in [1.54, 1.807) is 6.92 Å². The van der Waals surface area contributed by atoms with E-state index in [0.29, 0.717) is 0 Å². The van der Waals surface area contributed by atoms with Crippen LogP contribution in [0.2, 0.25) is 0 Å². The van der Waals surface area contributed by atoms with E-state index < -0.39 is 0 Å². The van der Waals surface area contributed by atoms with E-state index >= 15 is 0 Å². The minimum atomic E-state index is 0.257. The van der Waals surface area contributed by atoms with Crippen LogP contribution in [-0.4, -0.2) is 6.29 Å². The molecule has 0 spiro atoms. The van der Waals surface area contributed by atoms with Gasteiger partial charge in [0, 0.05) is 0 Å². The highest BCUT2D eigenvalue weighted by atomic mass is 16.1. The summed E-state index contributed by atoms with van der Waals surface area (Å²) in [5.74, 6) is 0. The molecule has 0 aliphatic heterocycles. The molecule has 0 fully saturated rings. The summed E-state index contributed by atoms with van der Waals surface area (Å²) in [5, 5.41) is 0. The van der Waals surface area contributed by atoms with Crippen LogP contribution in [0.5, 0.6) is 0 Å². The molecular weight excluding hydrogens is 244 g/mol. The standard InChI is InChI=1S/C19H26O/c1-15(8-6-9-16(2)14-20)11-12-18-17(3)10-7-13-19(18,4)5/h6,8-12,14H,7,13H2,1-5H3/b8-6+,15-11+,16-9+,18-12-. The first kappa shape index (κ1) is 16.4. The number of rotatable bonds is 4. The molecule has 0 atom stereocenters. The van der Waals surface area contributed by atoms with E-state index in [4.69, 9.17) is 0 Å². The minimum absolute atomic E-state index is 0.257. The van der Waals surface area contributed by atoms with Crippen molar-refractivity contribution in [3.63, 3.8) is 0 Å². The molecule has 0 aromatic carbocycles. The summed E-state index contributed by atoms with van der Waals surface area (Å²) in [7, 11) is 0. The van der Waals surface area contributed by atoms with Crippen molar-refractivity contribution in [2.24, 2.45) is 5.41 Å². The van der Waals surface area contributed by atoms with Gasteiger partial charge in [-0.3, -0.25) is 4.79 Å². The molecule has 0 unspecified atom stereocenters. The third-order valence-corrected chi connectivity index (χ3v) is 3.79. The van der Waals surface area contributed by atoms with E-state index in [1.165, 1.54) is 29.6 Å². The van der Waals surface area contributed by atoms with Crippen LogP contribution in [0.15, 0.2) is 58.7 Å². The van der Waals surface area contributed by atoms with E-state index in [9.17, 15) is 4.79 Å². The molecule has 0 N–H and O–H groups in total. The van der Waals surface area contributed by atoms with Crippen LogP contribution in [-0.2, 0) is 4.79 Å². The van der Waals surface area contributed by atoms with Gasteiger partial charge in [-0.2, -0.15) is 0 Å². The van der Waals surface area contributed by atoms with E-state index in [2.05, 4.69) is 45.9 Å². The SMILES string of the molecule is CC1=CCCC(C)(C)\C1=C/C=C(C)/C=C/C=C(\C)C=O. The average Bonchev–Trinajstić information content (AvgIpc) is 2.37. The summed E-state index contributed by atoms with van der Waals surface area (Å²) in [6, 6.07) is 0. The van der Waals surface area contributed by atoms with Crippen LogP contribution in [0.4, 0.5) is 0 Å². The van der Waals surface area contributed by atoms with E-state index in [0.717, 1.165) is 11.9 Å². The van der Waals surface area contributed by atoms with Crippen molar-refractivity contribution in [3.8, 4) is 0 Å². The maximum absolute atomic E-state index is 10.5. The minimum Gasteiger partial charge on any atom is -0.298 e. The van der Waals surface area contributed by atoms with Crippen molar-refractivity contribution in [1.82, 2.24) is 0 Å². The van der Waals surface area contributed by atoms with Gasteiger partial charge in [-0.05, 0) is 50.2 Å². The Balaban J connectivity index is 2.88. The molecule has 0 radical (unpaired) electrons. The molecule has 1 rings (SSSR count). The monoisotopic (exact) mass is 270 g/mol. The van der Waals surface area contributed by atoms with Crippen molar-refractivity contribution in [2.75, 3.05) is 0 Å². The quantitative estimate of drug-likeness (QED) is 0.383. The zero-order valence-corrected chi connectivity index (χ0v) is 13.4. The first-order chi connectivity index (χ1) is 9.36. The molecule has 0 saturated heterocycles. The lowest BCUT2D eigenvalue weighted by atomic mass is 9.73. The fourth-order valence-electron chi connectivity index (χ4n) is 2.45. The van der Waals surface area contributed by atoms with Crippen LogP contribution >= 0.6 is 0 Å². The van der Waals surface area contributed by atoms with Gasteiger partial charge in [0.2, 0.25) is 0 Å². The molecule has 0 heterocycles. The van der Waals surface area contributed by atoms with Gasteiger partial charge in [-0.15, -0.1) is 0 Å². The fourth-order valence-corrected chi connectivity index (χ4v) is 2.45. The lowest BCUT2D eigenvalue weighted by Crippen LogP contribution is -2.18. The third kappa shape index (κ3) is 4.80. The summed E-state index contributed by atoms with van der Waals surface area (Å²) in [6.07, 6.45) is 15.7. The van der Waals surface area contributed by atoms with Crippen LogP contribution in [0, 0.1) is 5.41 Å². The smallest absolute Gasteiger partial charge is 0.145 e. The van der Waals surface area contributed by atoms with Crippen LogP contribution in [0.1, 0.15) is 47.5 Å². The lowest BCUT2D eigenvalue weighted by Gasteiger charge is -2.32. The van der Waals surface area contributed by atoms with E-state index in [-0.39, 0.29) is 5.41 Å². The maximum atomic E-state index is 10.5. The zero-order chi connectivity index (χ0) is 15.2. The predicted molar refractivity (Wildman–Crippen MR) is 87.6 cm³/mol. The van der Waals surface area contributed by atoms with Gasteiger partial charge in [0.05, 0.1) is 0 Å². The van der Waals surface area contributed by atoms with Gasteiger partial charge in [0.25, 0.3) is 0 Å². The Kier molecular flexibility index (Phi) is 5.94. The molecular formula is C19H26O. The first-order valence-electron chi connectivity index (χ1n) is 7.23. The van der Waals surface area contributed by atoms with Crippen LogP contribution in [0.3, 0.4) is 0 Å². The van der Waals surface area contributed by atoms with Gasteiger partial charge < -0.3 is 0 Å². The number of carbonyl (C=O) groups is 1. The number of hydrogen-bond donors (Lipinski definition) is 0. The molecule has 1 aliphatic rings. The van der Waals surface area contributed by atoms with Gasteiger partial charge in [0.1, 0.15) is 6.29 Å². The summed E-state index contributed by atoms with van der Waals surface area (Å²) in [4.78, 5) is 10.5. The van der Waals surface area contributed by atoms with Gasteiger partial charge in [-0.1, -0.05) is 61.4 Å². The van der Waals surface area contributed by atoms with Crippen molar-refractivity contribution < 1.29 is 4.79 Å². The second kappa shape index (κ2) is 7.23. The highest BCUT2D eigenvalue weighted by molar-refractivity contribution is 5.72. The Hall–Kier alpha value is -1.63. The summed E-state index contributed by atoms with van der Waals surface area (Å²) < 4.78 is 0.